The van der Waals surface area contributed by atoms with Crippen molar-refractivity contribution in [3.05, 3.63) is 33.3 Å². The van der Waals surface area contributed by atoms with Crippen LogP contribution in [0.1, 0.15) is 92.6 Å². The van der Waals surface area contributed by atoms with E-state index in [0.29, 0.717) is 22.6 Å². The lowest BCUT2D eigenvalue weighted by molar-refractivity contribution is -0.0742. The van der Waals surface area contributed by atoms with Gasteiger partial charge in [-0.3, -0.25) is 0 Å². The molecule has 1 unspecified atom stereocenters. The summed E-state index contributed by atoms with van der Waals surface area (Å²) in [4.78, 5) is 16.5. The molecule has 0 radical (unpaired) electrons. The number of carboxylic acids is 1. The largest absolute Gasteiger partial charge is 0.477 e. The molecule has 5 heteroatoms. The number of aromatic carboxylic acids is 1. The normalized spacial score (nSPS) is 26.3. The summed E-state index contributed by atoms with van der Waals surface area (Å²) in [5.41, 5.74) is 0.143. The van der Waals surface area contributed by atoms with Crippen molar-refractivity contribution in [2.24, 2.45) is 23.2 Å². The Morgan fingerprint density at radius 2 is 2.03 bits per heavy atom. The summed E-state index contributed by atoms with van der Waals surface area (Å²) in [5, 5.41) is 19.9. The van der Waals surface area contributed by atoms with Gasteiger partial charge in [-0.2, -0.15) is 0 Å². The van der Waals surface area contributed by atoms with Gasteiger partial charge in [0.05, 0.1) is 6.10 Å². The van der Waals surface area contributed by atoms with Gasteiger partial charge in [0.2, 0.25) is 6.04 Å². The van der Waals surface area contributed by atoms with Gasteiger partial charge in [-0.05, 0) is 80.8 Å². The second kappa shape index (κ2) is 10.3. The molecule has 4 atom stereocenters. The third kappa shape index (κ3) is 5.08. The molecule has 30 heavy (non-hydrogen) atoms. The van der Waals surface area contributed by atoms with Crippen LogP contribution >= 0.6 is 11.3 Å². The zero-order valence-electron chi connectivity index (χ0n) is 18.5. The van der Waals surface area contributed by atoms with Crippen LogP contribution in [-0.4, -0.2) is 28.3 Å². The van der Waals surface area contributed by atoms with Crippen LogP contribution in [-0.2, 0) is 6.42 Å². The molecule has 2 aliphatic rings. The minimum atomic E-state index is -0.842. The van der Waals surface area contributed by atoms with E-state index in [1.54, 1.807) is 6.07 Å². The van der Waals surface area contributed by atoms with E-state index in [9.17, 15) is 9.90 Å². The molecule has 1 aromatic rings. The van der Waals surface area contributed by atoms with Gasteiger partial charge in [0, 0.05) is 17.2 Å². The van der Waals surface area contributed by atoms with Crippen molar-refractivity contribution in [1.82, 2.24) is 0 Å². The van der Waals surface area contributed by atoms with Crippen LogP contribution in [0.3, 0.4) is 0 Å². The summed E-state index contributed by atoms with van der Waals surface area (Å²) in [6.07, 6.45) is 11.6. The standard InChI is InChI=1S/C25H37NO3S/c1-17(2)25(15-6-16-25)23(27)10-5-9-20-18(11-13-21(20)26-3)7-4-8-19-12-14-22(30-19)24(28)29/h12,14,17-18,20-21,23,27H,4-11,13,15-16H2,1-2H3,(H,28,29)/t18-,20+,21-,23?/m0/s1. The van der Waals surface area contributed by atoms with E-state index < -0.39 is 5.97 Å². The third-order valence-electron chi connectivity index (χ3n) is 8.08. The number of aliphatic hydroxyl groups is 1. The highest BCUT2D eigenvalue weighted by atomic mass is 32.1. The lowest BCUT2D eigenvalue weighted by atomic mass is 9.58. The molecule has 0 aliphatic heterocycles. The average Bonchev–Trinajstić information content (AvgIpc) is 3.28. The quantitative estimate of drug-likeness (QED) is 0.396. The van der Waals surface area contributed by atoms with Crippen LogP contribution in [0.5, 0.6) is 0 Å². The lowest BCUT2D eigenvalue weighted by Crippen LogP contribution is -2.45. The van der Waals surface area contributed by atoms with Crippen LogP contribution in [0.4, 0.5) is 0 Å². The number of thiophene rings is 1. The molecule has 0 bridgehead atoms. The number of aliphatic hydroxyl groups excluding tert-OH is 1. The maximum absolute atomic E-state index is 11.0. The molecule has 0 spiro atoms. The molecule has 166 valence electrons. The van der Waals surface area contributed by atoms with Gasteiger partial charge in [0.15, 0.2) is 0 Å². The predicted octanol–water partition coefficient (Wildman–Crippen LogP) is 6.44. The number of nitrogens with zero attached hydrogens (tertiary/aromatic N) is 1. The second-order valence-electron chi connectivity index (χ2n) is 9.85. The Labute approximate surface area is 185 Å². The minimum absolute atomic E-state index is 0.143. The summed E-state index contributed by atoms with van der Waals surface area (Å²) in [6.45, 7) is 12.1. The average molecular weight is 432 g/mol. The first-order valence-corrected chi connectivity index (χ1v) is 12.6. The van der Waals surface area contributed by atoms with Crippen molar-refractivity contribution in [3.8, 4) is 0 Å². The molecule has 0 saturated heterocycles. The highest BCUT2D eigenvalue weighted by Crippen LogP contribution is 2.51. The SMILES string of the molecule is [C-]#[N+][C@H]1CC[C@H](CCCc2ccc(C(=O)O)s2)[C@H]1CCCC(O)C1(C(C)C)CCC1. The molecule has 2 N–H and O–H groups in total. The van der Waals surface area contributed by atoms with Crippen LogP contribution < -0.4 is 0 Å². The molecule has 3 rings (SSSR count). The highest BCUT2D eigenvalue weighted by Gasteiger charge is 2.46. The van der Waals surface area contributed by atoms with E-state index in [0.717, 1.165) is 69.1 Å². The van der Waals surface area contributed by atoms with Crippen molar-refractivity contribution in [1.29, 1.82) is 0 Å². The zero-order valence-corrected chi connectivity index (χ0v) is 19.3. The fourth-order valence-corrected chi connectivity index (χ4v) is 6.84. The first kappa shape index (κ1) is 23.3. The van der Waals surface area contributed by atoms with E-state index in [4.69, 9.17) is 11.7 Å². The van der Waals surface area contributed by atoms with Crippen molar-refractivity contribution in [2.75, 3.05) is 0 Å². The number of aryl methyl sites for hydroxylation is 1. The zero-order chi connectivity index (χ0) is 21.7. The van der Waals surface area contributed by atoms with Gasteiger partial charge in [0.25, 0.3) is 0 Å². The Balaban J connectivity index is 1.46. The predicted molar refractivity (Wildman–Crippen MR) is 122 cm³/mol. The monoisotopic (exact) mass is 431 g/mol. The number of carbonyl (C=O) groups is 1. The Kier molecular flexibility index (Phi) is 7.98. The van der Waals surface area contributed by atoms with Crippen molar-refractivity contribution >= 4 is 17.3 Å². The van der Waals surface area contributed by atoms with E-state index in [-0.39, 0.29) is 17.6 Å². The van der Waals surface area contributed by atoms with E-state index >= 15 is 0 Å². The lowest BCUT2D eigenvalue weighted by Gasteiger charge is -2.49. The number of carboxylic acid groups (broad SMARTS) is 1. The van der Waals surface area contributed by atoms with Crippen molar-refractivity contribution in [3.63, 3.8) is 0 Å². The summed E-state index contributed by atoms with van der Waals surface area (Å²) in [5.74, 6) is 0.757. The molecular formula is C25H37NO3S. The Bertz CT molecular complexity index is 746. The molecule has 0 amide bonds. The van der Waals surface area contributed by atoms with Gasteiger partial charge >= 0.3 is 5.97 Å². The highest BCUT2D eigenvalue weighted by molar-refractivity contribution is 7.13. The van der Waals surface area contributed by atoms with Gasteiger partial charge < -0.3 is 15.1 Å². The molecular weight excluding hydrogens is 394 g/mol. The van der Waals surface area contributed by atoms with Gasteiger partial charge in [-0.25, -0.2) is 11.4 Å². The smallest absolute Gasteiger partial charge is 0.345 e. The maximum atomic E-state index is 11.0. The van der Waals surface area contributed by atoms with Gasteiger partial charge in [0.1, 0.15) is 4.88 Å². The fraction of sp³-hybridized carbons (Fsp3) is 0.760. The summed E-state index contributed by atoms with van der Waals surface area (Å²) in [7, 11) is 0. The first-order valence-electron chi connectivity index (χ1n) is 11.7. The van der Waals surface area contributed by atoms with E-state index in [1.807, 2.05) is 6.07 Å². The molecule has 2 saturated carbocycles. The third-order valence-corrected chi connectivity index (χ3v) is 9.22. The maximum Gasteiger partial charge on any atom is 0.345 e. The topological polar surface area (TPSA) is 61.9 Å². The molecule has 1 aromatic heterocycles. The number of rotatable bonds is 11. The Morgan fingerprint density at radius 1 is 1.27 bits per heavy atom. The van der Waals surface area contributed by atoms with E-state index in [2.05, 4.69) is 18.7 Å². The van der Waals surface area contributed by atoms with Crippen LogP contribution in [0.2, 0.25) is 0 Å². The number of hydrogen-bond donors (Lipinski definition) is 2. The molecule has 2 aliphatic carbocycles. The van der Waals surface area contributed by atoms with Crippen LogP contribution in [0, 0.1) is 29.7 Å². The Morgan fingerprint density at radius 3 is 2.60 bits per heavy atom. The minimum Gasteiger partial charge on any atom is -0.477 e. The van der Waals surface area contributed by atoms with Gasteiger partial charge in [-0.1, -0.05) is 26.7 Å². The van der Waals surface area contributed by atoms with E-state index in [1.165, 1.54) is 17.8 Å². The first-order chi connectivity index (χ1) is 14.4. The van der Waals surface area contributed by atoms with Crippen molar-refractivity contribution < 1.29 is 15.0 Å². The molecule has 4 nitrogen and oxygen atoms in total. The van der Waals surface area contributed by atoms with Gasteiger partial charge in [-0.15, -0.1) is 11.3 Å². The summed E-state index contributed by atoms with van der Waals surface area (Å²) in [6, 6.07) is 3.79. The molecule has 2 fully saturated rings. The van der Waals surface area contributed by atoms with Crippen molar-refractivity contribution in [2.45, 2.75) is 96.6 Å². The Hall–Kier alpha value is -1.38. The second-order valence-corrected chi connectivity index (χ2v) is 11.0. The summed E-state index contributed by atoms with van der Waals surface area (Å²) < 4.78 is 0. The number of hydrogen-bond acceptors (Lipinski definition) is 3. The fourth-order valence-electron chi connectivity index (χ4n) is 5.95. The molecule has 0 aromatic carbocycles. The van der Waals surface area contributed by atoms with Crippen LogP contribution in [0.25, 0.3) is 4.85 Å². The molecule has 1 heterocycles. The van der Waals surface area contributed by atoms with Crippen LogP contribution in [0.15, 0.2) is 12.1 Å². The summed E-state index contributed by atoms with van der Waals surface area (Å²) >= 11 is 1.38.